The number of nitrogens with one attached hydrogen (secondary N) is 1. The molecule has 3 rings (SSSR count). The summed E-state index contributed by atoms with van der Waals surface area (Å²) in [5, 5.41) is 3.76. The molecule has 2 aliphatic heterocycles. The van der Waals surface area contributed by atoms with Crippen molar-refractivity contribution >= 4 is 0 Å². The highest BCUT2D eigenvalue weighted by Crippen LogP contribution is 2.38. The first kappa shape index (κ1) is 13.9. The summed E-state index contributed by atoms with van der Waals surface area (Å²) in [5.74, 6) is 2.14. The Hall–Kier alpha value is -1.06. The molecular formula is C17H25NO2. The van der Waals surface area contributed by atoms with Crippen molar-refractivity contribution in [2.75, 3.05) is 26.4 Å². The third-order valence-electron chi connectivity index (χ3n) is 4.50. The Morgan fingerprint density at radius 1 is 1.30 bits per heavy atom. The number of para-hydroxylation sites is 1. The van der Waals surface area contributed by atoms with E-state index >= 15 is 0 Å². The topological polar surface area (TPSA) is 30.5 Å². The van der Waals surface area contributed by atoms with E-state index in [4.69, 9.17) is 9.47 Å². The molecule has 3 atom stereocenters. The van der Waals surface area contributed by atoms with E-state index < -0.39 is 0 Å². The van der Waals surface area contributed by atoms with Crippen LogP contribution in [0, 0.1) is 5.92 Å². The average Bonchev–Trinajstić information content (AvgIpc) is 2.93. The van der Waals surface area contributed by atoms with Crippen molar-refractivity contribution in [3.8, 4) is 5.75 Å². The van der Waals surface area contributed by atoms with E-state index in [1.807, 2.05) is 0 Å². The Bertz CT molecular complexity index is 429. The Labute approximate surface area is 121 Å². The molecule has 2 aliphatic rings. The highest BCUT2D eigenvalue weighted by atomic mass is 16.5. The fourth-order valence-electron chi connectivity index (χ4n) is 3.48. The van der Waals surface area contributed by atoms with Crippen LogP contribution >= 0.6 is 0 Å². The lowest BCUT2D eigenvalue weighted by molar-refractivity contribution is 0.0334. The Kier molecular flexibility index (Phi) is 4.58. The van der Waals surface area contributed by atoms with Crippen LogP contribution in [0.5, 0.6) is 5.75 Å². The molecule has 3 unspecified atom stereocenters. The molecule has 2 heterocycles. The van der Waals surface area contributed by atoms with Gasteiger partial charge < -0.3 is 14.8 Å². The highest BCUT2D eigenvalue weighted by Gasteiger charge is 2.36. The zero-order chi connectivity index (χ0) is 13.8. The van der Waals surface area contributed by atoms with Gasteiger partial charge in [-0.1, -0.05) is 25.1 Å². The maximum absolute atomic E-state index is 5.88. The van der Waals surface area contributed by atoms with Crippen LogP contribution < -0.4 is 10.1 Å². The third kappa shape index (κ3) is 2.84. The van der Waals surface area contributed by atoms with E-state index in [0.29, 0.717) is 17.9 Å². The van der Waals surface area contributed by atoms with Crippen LogP contribution in [-0.4, -0.2) is 32.4 Å². The van der Waals surface area contributed by atoms with Crippen molar-refractivity contribution in [3.63, 3.8) is 0 Å². The van der Waals surface area contributed by atoms with Gasteiger partial charge in [0.05, 0.1) is 13.2 Å². The van der Waals surface area contributed by atoms with Gasteiger partial charge in [-0.2, -0.15) is 0 Å². The molecule has 1 saturated heterocycles. The molecule has 1 fully saturated rings. The predicted octanol–water partition coefficient (Wildman–Crippen LogP) is 2.96. The second-order valence-electron chi connectivity index (χ2n) is 5.91. The molecule has 3 nitrogen and oxygen atoms in total. The fourth-order valence-corrected chi connectivity index (χ4v) is 3.48. The van der Waals surface area contributed by atoms with Crippen molar-refractivity contribution in [2.45, 2.75) is 38.1 Å². The first-order chi connectivity index (χ1) is 9.90. The number of hydrogen-bond donors (Lipinski definition) is 1. The van der Waals surface area contributed by atoms with Crippen LogP contribution in [0.2, 0.25) is 0 Å². The summed E-state index contributed by atoms with van der Waals surface area (Å²) in [7, 11) is 0. The van der Waals surface area contributed by atoms with Gasteiger partial charge in [0, 0.05) is 24.1 Å². The molecule has 1 aromatic carbocycles. The maximum atomic E-state index is 5.88. The second kappa shape index (κ2) is 6.59. The Balaban J connectivity index is 1.78. The molecule has 3 heteroatoms. The van der Waals surface area contributed by atoms with Crippen LogP contribution in [0.1, 0.15) is 37.7 Å². The summed E-state index contributed by atoms with van der Waals surface area (Å²) in [5.41, 5.74) is 1.37. The minimum Gasteiger partial charge on any atom is -0.493 e. The molecule has 110 valence electrons. The fraction of sp³-hybridized carbons (Fsp3) is 0.647. The lowest BCUT2D eigenvalue weighted by Gasteiger charge is -2.34. The lowest BCUT2D eigenvalue weighted by atomic mass is 9.82. The van der Waals surface area contributed by atoms with Crippen LogP contribution in [-0.2, 0) is 4.74 Å². The summed E-state index contributed by atoms with van der Waals surface area (Å²) in [6.45, 7) is 5.91. The Morgan fingerprint density at radius 3 is 3.00 bits per heavy atom. The van der Waals surface area contributed by atoms with Gasteiger partial charge in [-0.25, -0.2) is 0 Å². The van der Waals surface area contributed by atoms with E-state index in [1.165, 1.54) is 24.8 Å². The zero-order valence-electron chi connectivity index (χ0n) is 12.3. The number of hydrogen-bond acceptors (Lipinski definition) is 3. The van der Waals surface area contributed by atoms with Crippen molar-refractivity contribution in [1.29, 1.82) is 0 Å². The van der Waals surface area contributed by atoms with E-state index in [0.717, 1.165) is 32.1 Å². The van der Waals surface area contributed by atoms with Crippen molar-refractivity contribution in [2.24, 2.45) is 5.92 Å². The van der Waals surface area contributed by atoms with Gasteiger partial charge in [-0.15, -0.1) is 0 Å². The molecule has 1 N–H and O–H groups in total. The standard InChI is InChI=1S/C17H25NO2/c1-2-9-18-17(13-6-5-10-19-11-13)15-12-20-16-8-4-3-7-14(15)16/h3-4,7-8,13,15,17-18H,2,5-6,9-12H2,1H3. The molecule has 0 aliphatic carbocycles. The SMILES string of the molecule is CCCNC(C1CCCOC1)C1COc2ccccc21. The molecular weight excluding hydrogens is 250 g/mol. The normalized spacial score (nSPS) is 26.9. The lowest BCUT2D eigenvalue weighted by Crippen LogP contribution is -2.45. The van der Waals surface area contributed by atoms with Crippen LogP contribution in [0.15, 0.2) is 24.3 Å². The number of fused-ring (bicyclic) bond motifs is 1. The molecule has 20 heavy (non-hydrogen) atoms. The van der Waals surface area contributed by atoms with Gasteiger partial charge in [0.2, 0.25) is 0 Å². The van der Waals surface area contributed by atoms with E-state index in [9.17, 15) is 0 Å². The number of rotatable bonds is 5. The minimum atomic E-state index is 0.462. The molecule has 0 saturated carbocycles. The van der Waals surface area contributed by atoms with Gasteiger partial charge in [0.15, 0.2) is 0 Å². The van der Waals surface area contributed by atoms with Crippen molar-refractivity contribution in [3.05, 3.63) is 29.8 Å². The van der Waals surface area contributed by atoms with Gasteiger partial charge >= 0.3 is 0 Å². The molecule has 0 aromatic heterocycles. The van der Waals surface area contributed by atoms with Crippen molar-refractivity contribution in [1.82, 2.24) is 5.32 Å². The quantitative estimate of drug-likeness (QED) is 0.896. The summed E-state index contributed by atoms with van der Waals surface area (Å²) < 4.78 is 11.6. The highest BCUT2D eigenvalue weighted by molar-refractivity contribution is 5.40. The molecule has 1 aromatic rings. The van der Waals surface area contributed by atoms with Crippen LogP contribution in [0.25, 0.3) is 0 Å². The molecule has 0 radical (unpaired) electrons. The molecule has 0 bridgehead atoms. The largest absolute Gasteiger partial charge is 0.493 e. The van der Waals surface area contributed by atoms with Gasteiger partial charge in [0.25, 0.3) is 0 Å². The molecule has 0 amide bonds. The van der Waals surface area contributed by atoms with Crippen molar-refractivity contribution < 1.29 is 9.47 Å². The first-order valence-electron chi connectivity index (χ1n) is 7.93. The van der Waals surface area contributed by atoms with Gasteiger partial charge in [0.1, 0.15) is 5.75 Å². The third-order valence-corrected chi connectivity index (χ3v) is 4.50. The average molecular weight is 275 g/mol. The van der Waals surface area contributed by atoms with Crippen LogP contribution in [0.3, 0.4) is 0 Å². The Morgan fingerprint density at radius 2 is 2.20 bits per heavy atom. The zero-order valence-corrected chi connectivity index (χ0v) is 12.3. The minimum absolute atomic E-state index is 0.462. The summed E-state index contributed by atoms with van der Waals surface area (Å²) in [6, 6.07) is 8.95. The second-order valence-corrected chi connectivity index (χ2v) is 5.91. The number of benzene rings is 1. The van der Waals surface area contributed by atoms with E-state index in [2.05, 4.69) is 36.5 Å². The van der Waals surface area contributed by atoms with Crippen LogP contribution in [0.4, 0.5) is 0 Å². The number of ether oxygens (including phenoxy) is 2. The van der Waals surface area contributed by atoms with E-state index in [1.54, 1.807) is 0 Å². The maximum Gasteiger partial charge on any atom is 0.122 e. The van der Waals surface area contributed by atoms with Gasteiger partial charge in [-0.05, 0) is 37.8 Å². The summed E-state index contributed by atoms with van der Waals surface area (Å²) in [6.07, 6.45) is 3.61. The first-order valence-corrected chi connectivity index (χ1v) is 7.93. The summed E-state index contributed by atoms with van der Waals surface area (Å²) in [4.78, 5) is 0. The summed E-state index contributed by atoms with van der Waals surface area (Å²) >= 11 is 0. The monoisotopic (exact) mass is 275 g/mol. The van der Waals surface area contributed by atoms with Gasteiger partial charge in [-0.3, -0.25) is 0 Å². The van der Waals surface area contributed by atoms with E-state index in [-0.39, 0.29) is 0 Å². The smallest absolute Gasteiger partial charge is 0.122 e. The predicted molar refractivity (Wildman–Crippen MR) is 80.3 cm³/mol. The molecule has 0 spiro atoms.